The fraction of sp³-hybridized carbons (Fsp3) is 0.167. The lowest BCUT2D eigenvalue weighted by molar-refractivity contribution is 1.26. The van der Waals surface area contributed by atoms with Gasteiger partial charge < -0.3 is 5.73 Å². The first-order valence-electron chi connectivity index (χ1n) is 4.36. The number of allylic oxidation sites excluding steroid dienone is 2. The van der Waals surface area contributed by atoms with Crippen LogP contribution >= 0.6 is 0 Å². The first-order chi connectivity index (χ1) is 6.24. The van der Waals surface area contributed by atoms with Gasteiger partial charge in [0.2, 0.25) is 0 Å². The molecule has 0 saturated heterocycles. The van der Waals surface area contributed by atoms with Gasteiger partial charge in [0.25, 0.3) is 0 Å². The molecule has 68 valence electrons. The Morgan fingerprint density at radius 1 is 1.54 bits per heavy atom. The topological polar surface area (TPSA) is 26.0 Å². The molecule has 0 aliphatic carbocycles. The van der Waals surface area contributed by atoms with E-state index in [1.54, 1.807) is 0 Å². The van der Waals surface area contributed by atoms with Crippen molar-refractivity contribution in [3.05, 3.63) is 54.1 Å². The second-order valence-corrected chi connectivity index (χ2v) is 3.03. The number of aryl methyl sites for hydroxylation is 1. The van der Waals surface area contributed by atoms with E-state index in [-0.39, 0.29) is 0 Å². The van der Waals surface area contributed by atoms with Gasteiger partial charge in [-0.15, -0.1) is 0 Å². The van der Waals surface area contributed by atoms with E-state index in [1.165, 1.54) is 5.56 Å². The lowest BCUT2D eigenvalue weighted by Gasteiger charge is -2.01. The molecule has 1 heteroatoms. The van der Waals surface area contributed by atoms with Crippen LogP contribution in [0.5, 0.6) is 0 Å². The van der Waals surface area contributed by atoms with Gasteiger partial charge >= 0.3 is 0 Å². The Balaban J connectivity index is 2.83. The highest BCUT2D eigenvalue weighted by molar-refractivity contribution is 5.72. The summed E-state index contributed by atoms with van der Waals surface area (Å²) in [5.41, 5.74) is 8.77. The number of hydrogen-bond acceptors (Lipinski definition) is 1. The third kappa shape index (κ3) is 2.88. The van der Waals surface area contributed by atoms with E-state index in [9.17, 15) is 0 Å². The second kappa shape index (κ2) is 4.63. The molecule has 0 heterocycles. The molecule has 0 atom stereocenters. The van der Waals surface area contributed by atoms with Crippen molar-refractivity contribution < 1.29 is 0 Å². The summed E-state index contributed by atoms with van der Waals surface area (Å²) in [7, 11) is 0. The minimum Gasteiger partial charge on any atom is -0.327 e. The van der Waals surface area contributed by atoms with E-state index in [4.69, 9.17) is 5.73 Å². The van der Waals surface area contributed by atoms with Crippen molar-refractivity contribution >= 4 is 5.57 Å². The van der Waals surface area contributed by atoms with E-state index < -0.39 is 0 Å². The molecule has 2 N–H and O–H groups in total. The maximum absolute atomic E-state index is 5.36. The van der Waals surface area contributed by atoms with Crippen LogP contribution in [0.1, 0.15) is 11.1 Å². The zero-order valence-electron chi connectivity index (χ0n) is 7.96. The third-order valence-corrected chi connectivity index (χ3v) is 1.84. The van der Waals surface area contributed by atoms with E-state index >= 15 is 0 Å². The SMILES string of the molecule is C=C(/C=C\CN)c1cccc(C)c1. The van der Waals surface area contributed by atoms with Gasteiger partial charge in [0.15, 0.2) is 0 Å². The molecule has 1 rings (SSSR count). The zero-order valence-corrected chi connectivity index (χ0v) is 7.96. The molecule has 0 saturated carbocycles. The van der Waals surface area contributed by atoms with Crippen LogP contribution in [-0.2, 0) is 0 Å². The largest absolute Gasteiger partial charge is 0.327 e. The van der Waals surface area contributed by atoms with Crippen LogP contribution in [-0.4, -0.2) is 6.54 Å². The van der Waals surface area contributed by atoms with E-state index in [0.29, 0.717) is 6.54 Å². The summed E-state index contributed by atoms with van der Waals surface area (Å²) in [5.74, 6) is 0. The Morgan fingerprint density at radius 2 is 2.31 bits per heavy atom. The predicted octanol–water partition coefficient (Wildman–Crippen LogP) is 2.52. The van der Waals surface area contributed by atoms with Crippen molar-refractivity contribution in [2.45, 2.75) is 6.92 Å². The highest BCUT2D eigenvalue weighted by Crippen LogP contribution is 2.14. The molecule has 0 unspecified atom stereocenters. The maximum atomic E-state index is 5.36. The maximum Gasteiger partial charge on any atom is 0.0110 e. The van der Waals surface area contributed by atoms with Crippen molar-refractivity contribution in [3.63, 3.8) is 0 Å². The normalized spacial score (nSPS) is 10.6. The van der Waals surface area contributed by atoms with Gasteiger partial charge in [0.05, 0.1) is 0 Å². The molecule has 0 fully saturated rings. The summed E-state index contributed by atoms with van der Waals surface area (Å²) in [5, 5.41) is 0. The van der Waals surface area contributed by atoms with Gasteiger partial charge in [-0.1, -0.05) is 48.6 Å². The van der Waals surface area contributed by atoms with Crippen molar-refractivity contribution in [2.24, 2.45) is 5.73 Å². The predicted molar refractivity (Wildman–Crippen MR) is 58.4 cm³/mol. The number of hydrogen-bond donors (Lipinski definition) is 1. The van der Waals surface area contributed by atoms with Crippen LogP contribution in [0, 0.1) is 6.92 Å². The fourth-order valence-electron chi connectivity index (χ4n) is 1.15. The van der Waals surface area contributed by atoms with Crippen LogP contribution < -0.4 is 5.73 Å². The Kier molecular flexibility index (Phi) is 3.47. The average Bonchev–Trinajstić information content (AvgIpc) is 2.14. The molecule has 0 amide bonds. The molecular formula is C12H15N. The monoisotopic (exact) mass is 173 g/mol. The fourth-order valence-corrected chi connectivity index (χ4v) is 1.15. The zero-order chi connectivity index (χ0) is 9.68. The Morgan fingerprint density at radius 3 is 2.92 bits per heavy atom. The minimum atomic E-state index is 0.560. The van der Waals surface area contributed by atoms with Gasteiger partial charge in [-0.3, -0.25) is 0 Å². The molecule has 0 radical (unpaired) electrons. The minimum absolute atomic E-state index is 0.560. The molecule has 0 bridgehead atoms. The lowest BCUT2D eigenvalue weighted by atomic mass is 10.0. The standard InChI is InChI=1S/C12H15N/c1-10-5-3-7-12(9-10)11(2)6-4-8-13/h3-7,9H,2,8,13H2,1H3/b6-4-. The summed E-state index contributed by atoms with van der Waals surface area (Å²) in [6, 6.07) is 8.27. The second-order valence-electron chi connectivity index (χ2n) is 3.03. The quantitative estimate of drug-likeness (QED) is 0.698. The van der Waals surface area contributed by atoms with Crippen molar-refractivity contribution in [1.29, 1.82) is 0 Å². The van der Waals surface area contributed by atoms with Crippen molar-refractivity contribution in [2.75, 3.05) is 6.54 Å². The molecule has 13 heavy (non-hydrogen) atoms. The van der Waals surface area contributed by atoms with E-state index in [1.807, 2.05) is 18.2 Å². The molecule has 0 aliphatic rings. The van der Waals surface area contributed by atoms with Gasteiger partial charge in [-0.25, -0.2) is 0 Å². The third-order valence-electron chi connectivity index (χ3n) is 1.84. The van der Waals surface area contributed by atoms with E-state index in [0.717, 1.165) is 11.1 Å². The van der Waals surface area contributed by atoms with Crippen LogP contribution in [0.3, 0.4) is 0 Å². The Hall–Kier alpha value is -1.34. The smallest absolute Gasteiger partial charge is 0.0110 e. The number of rotatable bonds is 3. The summed E-state index contributed by atoms with van der Waals surface area (Å²) >= 11 is 0. The number of nitrogens with two attached hydrogens (primary N) is 1. The molecule has 0 spiro atoms. The summed E-state index contributed by atoms with van der Waals surface area (Å²) in [4.78, 5) is 0. The van der Waals surface area contributed by atoms with Crippen LogP contribution in [0.4, 0.5) is 0 Å². The Labute approximate surface area is 79.6 Å². The molecule has 1 nitrogen and oxygen atoms in total. The van der Waals surface area contributed by atoms with Crippen molar-refractivity contribution in [3.8, 4) is 0 Å². The van der Waals surface area contributed by atoms with Gasteiger partial charge in [-0.2, -0.15) is 0 Å². The van der Waals surface area contributed by atoms with Gasteiger partial charge in [0.1, 0.15) is 0 Å². The lowest BCUT2D eigenvalue weighted by Crippen LogP contribution is -1.92. The van der Waals surface area contributed by atoms with E-state index in [2.05, 4.69) is 31.7 Å². The molecule has 0 aliphatic heterocycles. The highest BCUT2D eigenvalue weighted by Gasteiger charge is 1.93. The molecular weight excluding hydrogens is 158 g/mol. The number of benzene rings is 1. The summed E-state index contributed by atoms with van der Waals surface area (Å²) < 4.78 is 0. The van der Waals surface area contributed by atoms with Crippen molar-refractivity contribution in [1.82, 2.24) is 0 Å². The summed E-state index contributed by atoms with van der Waals surface area (Å²) in [6.07, 6.45) is 3.86. The van der Waals surface area contributed by atoms with Gasteiger partial charge in [-0.05, 0) is 18.1 Å². The molecule has 0 aromatic heterocycles. The molecule has 1 aromatic carbocycles. The first-order valence-corrected chi connectivity index (χ1v) is 4.36. The molecule has 1 aromatic rings. The first kappa shape index (κ1) is 9.75. The summed E-state index contributed by atoms with van der Waals surface area (Å²) in [6.45, 7) is 6.59. The van der Waals surface area contributed by atoms with Crippen LogP contribution in [0.2, 0.25) is 0 Å². The van der Waals surface area contributed by atoms with Crippen LogP contribution in [0.25, 0.3) is 5.57 Å². The highest BCUT2D eigenvalue weighted by atomic mass is 14.5. The van der Waals surface area contributed by atoms with Crippen LogP contribution in [0.15, 0.2) is 43.0 Å². The average molecular weight is 173 g/mol. The Bertz CT molecular complexity index is 324. The van der Waals surface area contributed by atoms with Gasteiger partial charge in [0, 0.05) is 6.54 Å².